The van der Waals surface area contributed by atoms with Gasteiger partial charge in [-0.25, -0.2) is 0 Å². The second-order valence-corrected chi connectivity index (χ2v) is 7.27. The zero-order valence-corrected chi connectivity index (χ0v) is 18.0. The Morgan fingerprint density at radius 3 is 2.62 bits per heavy atom. The van der Waals surface area contributed by atoms with E-state index in [1.807, 2.05) is 0 Å². The summed E-state index contributed by atoms with van der Waals surface area (Å²) in [6.07, 6.45) is 3.54. The molecule has 1 saturated carbocycles. The lowest BCUT2D eigenvalue weighted by Gasteiger charge is -2.59. The van der Waals surface area contributed by atoms with Crippen LogP contribution in [-0.4, -0.2) is 64.2 Å². The summed E-state index contributed by atoms with van der Waals surface area (Å²) in [6.45, 7) is 9.59. The summed E-state index contributed by atoms with van der Waals surface area (Å²) in [4.78, 5) is 4.30. The number of hydrogen-bond donors (Lipinski definition) is 2. The first-order chi connectivity index (χ1) is 10.9. The van der Waals surface area contributed by atoms with Gasteiger partial charge in [-0.3, -0.25) is 4.99 Å². The summed E-state index contributed by atoms with van der Waals surface area (Å²) in [5, 5.41) is 6.80. The van der Waals surface area contributed by atoms with E-state index in [-0.39, 0.29) is 41.1 Å². The molecule has 142 valence electrons. The van der Waals surface area contributed by atoms with Crippen LogP contribution in [0.1, 0.15) is 40.0 Å². The highest BCUT2D eigenvalue weighted by Crippen LogP contribution is 2.51. The lowest BCUT2D eigenvalue weighted by molar-refractivity contribution is -0.176. The molecule has 2 aliphatic rings. The molecule has 0 bridgehead atoms. The van der Waals surface area contributed by atoms with Crippen molar-refractivity contribution in [3.05, 3.63) is 0 Å². The fraction of sp³-hybridized carbons (Fsp3) is 0.941. The Balaban J connectivity index is 0.00000288. The SMILES string of the molecule is CN=C(NCCOCC1CCCO1)NC1CC(C)(OC)C1(C)C.I. The molecule has 0 amide bonds. The molecule has 1 aliphatic heterocycles. The molecule has 0 aromatic heterocycles. The van der Waals surface area contributed by atoms with Crippen LogP contribution < -0.4 is 10.6 Å². The number of hydrogen-bond acceptors (Lipinski definition) is 4. The minimum Gasteiger partial charge on any atom is -0.378 e. The van der Waals surface area contributed by atoms with Gasteiger partial charge in [-0.1, -0.05) is 13.8 Å². The summed E-state index contributed by atoms with van der Waals surface area (Å²) in [5.74, 6) is 0.821. The van der Waals surface area contributed by atoms with Crippen molar-refractivity contribution in [1.82, 2.24) is 10.6 Å². The molecule has 0 radical (unpaired) electrons. The second-order valence-electron chi connectivity index (χ2n) is 7.27. The van der Waals surface area contributed by atoms with Crippen molar-refractivity contribution in [1.29, 1.82) is 0 Å². The third-order valence-electron chi connectivity index (χ3n) is 5.68. The molecule has 0 aromatic rings. The van der Waals surface area contributed by atoms with E-state index in [0.717, 1.165) is 38.4 Å². The van der Waals surface area contributed by atoms with Gasteiger partial charge in [-0.2, -0.15) is 0 Å². The first-order valence-electron chi connectivity index (χ1n) is 8.64. The molecular formula is C17H34IN3O3. The van der Waals surface area contributed by atoms with Crippen molar-refractivity contribution in [2.75, 3.05) is 40.5 Å². The van der Waals surface area contributed by atoms with Crippen LogP contribution in [0.2, 0.25) is 0 Å². The van der Waals surface area contributed by atoms with E-state index in [4.69, 9.17) is 14.2 Å². The maximum atomic E-state index is 5.66. The Kier molecular flexibility index (Phi) is 8.72. The van der Waals surface area contributed by atoms with Crippen LogP contribution in [0.15, 0.2) is 4.99 Å². The molecule has 6 nitrogen and oxygen atoms in total. The van der Waals surface area contributed by atoms with Crippen molar-refractivity contribution >= 4 is 29.9 Å². The molecule has 3 unspecified atom stereocenters. The minimum absolute atomic E-state index is 0. The van der Waals surface area contributed by atoms with Gasteiger partial charge in [0, 0.05) is 38.8 Å². The quantitative estimate of drug-likeness (QED) is 0.267. The van der Waals surface area contributed by atoms with E-state index in [0.29, 0.717) is 19.3 Å². The number of aliphatic imine (C=N–C) groups is 1. The van der Waals surface area contributed by atoms with Crippen molar-refractivity contribution in [3.63, 3.8) is 0 Å². The van der Waals surface area contributed by atoms with E-state index >= 15 is 0 Å². The molecular weight excluding hydrogens is 421 g/mol. The average Bonchev–Trinajstić information content (AvgIpc) is 3.05. The van der Waals surface area contributed by atoms with Crippen molar-refractivity contribution in [2.24, 2.45) is 10.4 Å². The highest BCUT2D eigenvalue weighted by atomic mass is 127. The number of halogens is 1. The Morgan fingerprint density at radius 2 is 2.08 bits per heavy atom. The smallest absolute Gasteiger partial charge is 0.191 e. The normalized spacial score (nSPS) is 32.0. The van der Waals surface area contributed by atoms with Gasteiger partial charge < -0.3 is 24.8 Å². The first-order valence-corrected chi connectivity index (χ1v) is 8.64. The molecule has 1 saturated heterocycles. The van der Waals surface area contributed by atoms with E-state index in [9.17, 15) is 0 Å². The predicted octanol–water partition coefficient (Wildman–Crippen LogP) is 2.17. The number of ether oxygens (including phenoxy) is 3. The summed E-state index contributed by atoms with van der Waals surface area (Å²) in [5.41, 5.74) is -0.0103. The molecule has 3 atom stereocenters. The van der Waals surface area contributed by atoms with Gasteiger partial charge in [0.05, 0.1) is 24.9 Å². The molecule has 1 heterocycles. The van der Waals surface area contributed by atoms with E-state index in [1.54, 1.807) is 14.2 Å². The number of guanidine groups is 1. The van der Waals surface area contributed by atoms with Gasteiger partial charge in [0.1, 0.15) is 0 Å². The zero-order chi connectivity index (χ0) is 16.9. The maximum Gasteiger partial charge on any atom is 0.191 e. The van der Waals surface area contributed by atoms with Crippen molar-refractivity contribution in [3.8, 4) is 0 Å². The molecule has 7 heteroatoms. The lowest BCUT2D eigenvalue weighted by Crippen LogP contribution is -2.69. The van der Waals surface area contributed by atoms with Gasteiger partial charge in [0.25, 0.3) is 0 Å². The molecule has 2 fully saturated rings. The average molecular weight is 455 g/mol. The van der Waals surface area contributed by atoms with E-state index < -0.39 is 0 Å². The van der Waals surface area contributed by atoms with Crippen LogP contribution in [0.25, 0.3) is 0 Å². The Bertz CT molecular complexity index is 414. The Hall–Kier alpha value is -0.120. The highest BCUT2D eigenvalue weighted by molar-refractivity contribution is 14.0. The summed E-state index contributed by atoms with van der Waals surface area (Å²) < 4.78 is 16.9. The second kappa shape index (κ2) is 9.54. The number of rotatable bonds is 7. The van der Waals surface area contributed by atoms with Gasteiger partial charge in [-0.05, 0) is 26.2 Å². The Morgan fingerprint density at radius 1 is 1.33 bits per heavy atom. The monoisotopic (exact) mass is 455 g/mol. The van der Waals surface area contributed by atoms with Gasteiger partial charge in [0.2, 0.25) is 0 Å². The number of nitrogens with one attached hydrogen (secondary N) is 2. The van der Waals surface area contributed by atoms with Crippen LogP contribution in [0.5, 0.6) is 0 Å². The number of nitrogens with zero attached hydrogens (tertiary/aromatic N) is 1. The molecule has 2 N–H and O–H groups in total. The van der Waals surface area contributed by atoms with Crippen LogP contribution in [0, 0.1) is 5.41 Å². The topological polar surface area (TPSA) is 64.1 Å². The van der Waals surface area contributed by atoms with Gasteiger partial charge >= 0.3 is 0 Å². The summed E-state index contributed by atoms with van der Waals surface area (Å²) in [7, 11) is 3.58. The zero-order valence-electron chi connectivity index (χ0n) is 15.7. The van der Waals surface area contributed by atoms with Crippen molar-refractivity contribution in [2.45, 2.75) is 57.8 Å². The largest absolute Gasteiger partial charge is 0.378 e. The summed E-state index contributed by atoms with van der Waals surface area (Å²) >= 11 is 0. The Labute approximate surface area is 163 Å². The van der Waals surface area contributed by atoms with E-state index in [1.165, 1.54) is 0 Å². The van der Waals surface area contributed by atoms with Crippen LogP contribution >= 0.6 is 24.0 Å². The van der Waals surface area contributed by atoms with Gasteiger partial charge in [0.15, 0.2) is 5.96 Å². The first kappa shape index (κ1) is 21.9. The summed E-state index contributed by atoms with van der Waals surface area (Å²) in [6, 6.07) is 0.353. The minimum atomic E-state index is -0.0755. The van der Waals surface area contributed by atoms with Crippen molar-refractivity contribution < 1.29 is 14.2 Å². The molecule has 0 spiro atoms. The fourth-order valence-electron chi connectivity index (χ4n) is 3.31. The number of methoxy groups -OCH3 is 1. The van der Waals surface area contributed by atoms with Gasteiger partial charge in [-0.15, -0.1) is 24.0 Å². The lowest BCUT2D eigenvalue weighted by atomic mass is 9.56. The predicted molar refractivity (Wildman–Crippen MR) is 107 cm³/mol. The molecule has 1 aliphatic carbocycles. The maximum absolute atomic E-state index is 5.66. The third kappa shape index (κ3) is 4.95. The third-order valence-corrected chi connectivity index (χ3v) is 5.68. The molecule has 24 heavy (non-hydrogen) atoms. The van der Waals surface area contributed by atoms with E-state index in [2.05, 4.69) is 36.4 Å². The van der Waals surface area contributed by atoms with Crippen LogP contribution in [-0.2, 0) is 14.2 Å². The molecule has 2 rings (SSSR count). The van der Waals surface area contributed by atoms with Crippen LogP contribution in [0.3, 0.4) is 0 Å². The molecule has 0 aromatic carbocycles. The highest BCUT2D eigenvalue weighted by Gasteiger charge is 2.58. The van der Waals surface area contributed by atoms with Crippen LogP contribution in [0.4, 0.5) is 0 Å². The fourth-order valence-corrected chi connectivity index (χ4v) is 3.31. The standard InChI is InChI=1S/C17H33N3O3.HI/c1-16(2)14(11-17(16,3)21-5)20-15(18-4)19-8-10-22-12-13-7-6-9-23-13;/h13-14H,6-12H2,1-5H3,(H2,18,19,20);1H.